The number of rotatable bonds is 4. The van der Waals surface area contributed by atoms with E-state index < -0.39 is 11.5 Å². The van der Waals surface area contributed by atoms with Gasteiger partial charge in [0.25, 0.3) is 0 Å². The van der Waals surface area contributed by atoms with Crippen molar-refractivity contribution in [1.82, 2.24) is 0 Å². The second-order valence-corrected chi connectivity index (χ2v) is 4.98. The van der Waals surface area contributed by atoms with Crippen molar-refractivity contribution in [2.45, 2.75) is 38.6 Å². The molecule has 0 aromatic rings. The molecule has 1 saturated heterocycles. The summed E-state index contributed by atoms with van der Waals surface area (Å²) in [4.78, 5) is 10.8. The summed E-state index contributed by atoms with van der Waals surface area (Å²) < 4.78 is 5.28. The summed E-state index contributed by atoms with van der Waals surface area (Å²) in [5.74, 6) is -0.334. The maximum absolute atomic E-state index is 10.8. The van der Waals surface area contributed by atoms with Crippen LogP contribution in [0.2, 0.25) is 0 Å². The number of aliphatic carboxylic acids is 1. The summed E-state index contributed by atoms with van der Waals surface area (Å²) in [6.07, 6.45) is 2.02. The lowest BCUT2D eigenvalue weighted by Gasteiger charge is -2.38. The highest BCUT2D eigenvalue weighted by Crippen LogP contribution is 2.33. The first-order valence-electron chi connectivity index (χ1n) is 5.49. The highest BCUT2D eigenvalue weighted by Gasteiger charge is 2.35. The van der Waals surface area contributed by atoms with E-state index >= 15 is 0 Å². The van der Waals surface area contributed by atoms with Crippen LogP contribution in [0.15, 0.2) is 0 Å². The van der Waals surface area contributed by atoms with E-state index in [0.29, 0.717) is 5.92 Å². The Morgan fingerprint density at radius 3 is 2.47 bits per heavy atom. The van der Waals surface area contributed by atoms with Crippen LogP contribution < -0.4 is 5.73 Å². The van der Waals surface area contributed by atoms with Gasteiger partial charge in [-0.25, -0.2) is 0 Å². The van der Waals surface area contributed by atoms with Crippen LogP contribution in [0.5, 0.6) is 0 Å². The quantitative estimate of drug-likeness (QED) is 0.740. The fourth-order valence-electron chi connectivity index (χ4n) is 2.34. The van der Waals surface area contributed by atoms with E-state index in [1.54, 1.807) is 0 Å². The van der Waals surface area contributed by atoms with Gasteiger partial charge in [0.1, 0.15) is 0 Å². The SMILES string of the molecule is CC(C)(N)C(CC(=O)O)C1CCOCC1. The summed E-state index contributed by atoms with van der Waals surface area (Å²) in [6, 6.07) is 0. The molecule has 0 aliphatic carbocycles. The van der Waals surface area contributed by atoms with Crippen LogP contribution in [-0.4, -0.2) is 29.8 Å². The normalized spacial score (nSPS) is 21.3. The molecule has 1 fully saturated rings. The highest BCUT2D eigenvalue weighted by molar-refractivity contribution is 5.67. The van der Waals surface area contributed by atoms with Gasteiger partial charge in [-0.2, -0.15) is 0 Å². The van der Waals surface area contributed by atoms with Crippen molar-refractivity contribution in [1.29, 1.82) is 0 Å². The van der Waals surface area contributed by atoms with E-state index in [4.69, 9.17) is 15.6 Å². The molecule has 1 unspecified atom stereocenters. The van der Waals surface area contributed by atoms with E-state index in [1.165, 1.54) is 0 Å². The fraction of sp³-hybridized carbons (Fsp3) is 0.909. The van der Waals surface area contributed by atoms with Gasteiger partial charge < -0.3 is 15.6 Å². The van der Waals surface area contributed by atoms with Crippen LogP contribution in [-0.2, 0) is 9.53 Å². The maximum Gasteiger partial charge on any atom is 0.303 e. The Kier molecular flexibility index (Phi) is 4.11. The van der Waals surface area contributed by atoms with Crippen molar-refractivity contribution in [3.63, 3.8) is 0 Å². The van der Waals surface area contributed by atoms with Gasteiger partial charge in [0.15, 0.2) is 0 Å². The Balaban J connectivity index is 2.66. The number of ether oxygens (including phenoxy) is 1. The van der Waals surface area contributed by atoms with Gasteiger partial charge >= 0.3 is 5.97 Å². The summed E-state index contributed by atoms with van der Waals surface area (Å²) in [5, 5.41) is 8.89. The predicted octanol–water partition coefficient (Wildman–Crippen LogP) is 1.24. The molecular formula is C11H21NO3. The first-order chi connectivity index (χ1) is 6.91. The number of carboxylic acids is 1. The minimum absolute atomic E-state index is 0.0406. The molecule has 88 valence electrons. The van der Waals surface area contributed by atoms with E-state index in [2.05, 4.69) is 0 Å². The molecule has 1 atom stereocenters. The molecule has 0 radical (unpaired) electrons. The van der Waals surface area contributed by atoms with Crippen LogP contribution in [0.25, 0.3) is 0 Å². The van der Waals surface area contributed by atoms with Gasteiger partial charge in [0.05, 0.1) is 6.42 Å². The average molecular weight is 215 g/mol. The molecule has 0 aromatic carbocycles. The van der Waals surface area contributed by atoms with Gasteiger partial charge in [0, 0.05) is 18.8 Å². The summed E-state index contributed by atoms with van der Waals surface area (Å²) in [6.45, 7) is 5.29. The van der Waals surface area contributed by atoms with E-state index in [-0.39, 0.29) is 12.3 Å². The topological polar surface area (TPSA) is 72.6 Å². The molecule has 3 N–H and O–H groups in total. The molecule has 1 aliphatic heterocycles. The standard InChI is InChI=1S/C11H21NO3/c1-11(2,12)9(7-10(13)14)8-3-5-15-6-4-8/h8-9H,3-7,12H2,1-2H3,(H,13,14). The molecular weight excluding hydrogens is 194 g/mol. The molecule has 0 spiro atoms. The number of nitrogens with two attached hydrogens (primary N) is 1. The second kappa shape index (κ2) is 4.94. The zero-order chi connectivity index (χ0) is 11.5. The zero-order valence-electron chi connectivity index (χ0n) is 9.53. The lowest BCUT2D eigenvalue weighted by molar-refractivity contribution is -0.139. The average Bonchev–Trinajstić information content (AvgIpc) is 2.14. The van der Waals surface area contributed by atoms with Crippen LogP contribution >= 0.6 is 0 Å². The van der Waals surface area contributed by atoms with Gasteiger partial charge in [-0.3, -0.25) is 4.79 Å². The van der Waals surface area contributed by atoms with Crippen molar-refractivity contribution in [3.8, 4) is 0 Å². The molecule has 15 heavy (non-hydrogen) atoms. The van der Waals surface area contributed by atoms with Crippen LogP contribution in [0.4, 0.5) is 0 Å². The Morgan fingerprint density at radius 2 is 2.07 bits per heavy atom. The molecule has 0 aromatic heterocycles. The van der Waals surface area contributed by atoms with E-state index in [9.17, 15) is 4.79 Å². The lowest BCUT2D eigenvalue weighted by atomic mass is 9.73. The molecule has 4 nitrogen and oxygen atoms in total. The Morgan fingerprint density at radius 1 is 1.53 bits per heavy atom. The van der Waals surface area contributed by atoms with Gasteiger partial charge in [-0.15, -0.1) is 0 Å². The van der Waals surface area contributed by atoms with Gasteiger partial charge in [-0.05, 0) is 38.5 Å². The smallest absolute Gasteiger partial charge is 0.303 e. The lowest BCUT2D eigenvalue weighted by Crippen LogP contribution is -2.46. The van der Waals surface area contributed by atoms with Gasteiger partial charge in [0.2, 0.25) is 0 Å². The third-order valence-corrected chi connectivity index (χ3v) is 3.19. The number of hydrogen-bond donors (Lipinski definition) is 2. The minimum Gasteiger partial charge on any atom is -0.481 e. The third kappa shape index (κ3) is 3.80. The van der Waals surface area contributed by atoms with Crippen molar-refractivity contribution >= 4 is 5.97 Å². The van der Waals surface area contributed by atoms with Crippen LogP contribution in [0.3, 0.4) is 0 Å². The molecule has 0 bridgehead atoms. The molecule has 4 heteroatoms. The summed E-state index contributed by atoms with van der Waals surface area (Å²) >= 11 is 0. The minimum atomic E-state index is -0.759. The summed E-state index contributed by atoms with van der Waals surface area (Å²) in [7, 11) is 0. The van der Waals surface area contributed by atoms with E-state index in [0.717, 1.165) is 26.1 Å². The molecule has 0 saturated carbocycles. The number of carbonyl (C=O) groups is 1. The molecule has 0 amide bonds. The van der Waals surface area contributed by atoms with Crippen molar-refractivity contribution in [2.75, 3.05) is 13.2 Å². The van der Waals surface area contributed by atoms with Crippen LogP contribution in [0, 0.1) is 11.8 Å². The van der Waals surface area contributed by atoms with Gasteiger partial charge in [-0.1, -0.05) is 0 Å². The monoisotopic (exact) mass is 215 g/mol. The first-order valence-corrected chi connectivity index (χ1v) is 5.49. The van der Waals surface area contributed by atoms with Crippen molar-refractivity contribution in [2.24, 2.45) is 17.6 Å². The van der Waals surface area contributed by atoms with Crippen molar-refractivity contribution in [3.05, 3.63) is 0 Å². The Hall–Kier alpha value is -0.610. The van der Waals surface area contributed by atoms with E-state index in [1.807, 2.05) is 13.8 Å². The molecule has 1 heterocycles. The molecule has 1 aliphatic rings. The summed E-state index contributed by atoms with van der Waals surface area (Å²) in [5.41, 5.74) is 5.62. The Labute approximate surface area is 90.8 Å². The Bertz CT molecular complexity index is 216. The van der Waals surface area contributed by atoms with Crippen molar-refractivity contribution < 1.29 is 14.6 Å². The molecule has 1 rings (SSSR count). The predicted molar refractivity (Wildman–Crippen MR) is 57.6 cm³/mol. The number of hydrogen-bond acceptors (Lipinski definition) is 3. The third-order valence-electron chi connectivity index (χ3n) is 3.19. The largest absolute Gasteiger partial charge is 0.481 e. The fourth-order valence-corrected chi connectivity index (χ4v) is 2.34. The first kappa shape index (κ1) is 12.5. The second-order valence-electron chi connectivity index (χ2n) is 4.98. The van der Waals surface area contributed by atoms with Crippen LogP contribution in [0.1, 0.15) is 33.1 Å². The highest BCUT2D eigenvalue weighted by atomic mass is 16.5. The zero-order valence-corrected chi connectivity index (χ0v) is 9.53. The maximum atomic E-state index is 10.8. The number of carboxylic acid groups (broad SMARTS) is 1.